The second kappa shape index (κ2) is 7.66. The van der Waals surface area contributed by atoms with Gasteiger partial charge in [0.25, 0.3) is 5.91 Å². The zero-order valence-electron chi connectivity index (χ0n) is 13.1. The van der Waals surface area contributed by atoms with E-state index < -0.39 is 6.10 Å². The second-order valence-electron chi connectivity index (χ2n) is 5.28. The van der Waals surface area contributed by atoms with Crippen LogP contribution in [0.5, 0.6) is 11.5 Å². The van der Waals surface area contributed by atoms with Crippen molar-refractivity contribution in [3.8, 4) is 11.5 Å². The van der Waals surface area contributed by atoms with E-state index in [4.69, 9.17) is 15.2 Å². The van der Waals surface area contributed by atoms with Crippen LogP contribution in [0, 0.1) is 0 Å². The fraction of sp³-hybridized carbons (Fsp3) is 0.533. The van der Waals surface area contributed by atoms with Gasteiger partial charge in [-0.2, -0.15) is 0 Å². The molecule has 0 fully saturated rings. The molecule has 1 aromatic rings. The lowest BCUT2D eigenvalue weighted by molar-refractivity contribution is -0.135. The number of benzene rings is 1. The van der Waals surface area contributed by atoms with E-state index in [1.54, 1.807) is 28.1 Å². The van der Waals surface area contributed by atoms with Crippen molar-refractivity contribution < 1.29 is 14.3 Å². The Morgan fingerprint density at radius 3 is 2.48 bits per heavy atom. The molecule has 0 radical (unpaired) electrons. The van der Waals surface area contributed by atoms with Crippen molar-refractivity contribution in [3.05, 3.63) is 22.2 Å². The third-order valence-electron chi connectivity index (χ3n) is 2.93. The van der Waals surface area contributed by atoms with Crippen molar-refractivity contribution in [2.24, 2.45) is 5.73 Å². The summed E-state index contributed by atoms with van der Waals surface area (Å²) in [6.45, 7) is 3.66. The van der Waals surface area contributed by atoms with Gasteiger partial charge in [-0.25, -0.2) is 0 Å². The number of ether oxygens (including phenoxy) is 2. The molecular formula is C15H23BrN2O3. The van der Waals surface area contributed by atoms with Gasteiger partial charge >= 0.3 is 0 Å². The van der Waals surface area contributed by atoms with Crippen molar-refractivity contribution in [3.63, 3.8) is 0 Å². The normalized spacial score (nSPS) is 13.5. The Bertz CT molecular complexity index is 504. The van der Waals surface area contributed by atoms with Crippen molar-refractivity contribution in [1.82, 2.24) is 4.90 Å². The topological polar surface area (TPSA) is 64.8 Å². The molecule has 0 bridgehead atoms. The molecule has 0 aliphatic rings. The van der Waals surface area contributed by atoms with E-state index in [2.05, 4.69) is 15.9 Å². The Balaban J connectivity index is 3.04. The predicted molar refractivity (Wildman–Crippen MR) is 86.8 cm³/mol. The number of carbonyl (C=O) groups is 1. The summed E-state index contributed by atoms with van der Waals surface area (Å²) in [6, 6.07) is 3.88. The highest BCUT2D eigenvalue weighted by Gasteiger charge is 2.21. The summed E-state index contributed by atoms with van der Waals surface area (Å²) in [7, 11) is 4.96. The molecule has 0 aliphatic carbocycles. The van der Waals surface area contributed by atoms with Crippen molar-refractivity contribution >= 4 is 21.8 Å². The summed E-state index contributed by atoms with van der Waals surface area (Å²) < 4.78 is 11.9. The fourth-order valence-electron chi connectivity index (χ4n) is 1.97. The summed E-state index contributed by atoms with van der Waals surface area (Å²) in [5.74, 6) is 0.996. The number of nitrogens with zero attached hydrogens (tertiary/aromatic N) is 1. The average Bonchev–Trinajstić information content (AvgIpc) is 2.39. The highest BCUT2D eigenvalue weighted by atomic mass is 79.9. The molecule has 0 aromatic heterocycles. The lowest BCUT2D eigenvalue weighted by Gasteiger charge is -2.21. The monoisotopic (exact) mass is 358 g/mol. The van der Waals surface area contributed by atoms with Gasteiger partial charge in [0.2, 0.25) is 0 Å². The summed E-state index contributed by atoms with van der Waals surface area (Å²) in [6.07, 6.45) is 0.144. The van der Waals surface area contributed by atoms with E-state index >= 15 is 0 Å². The first-order valence-corrected chi connectivity index (χ1v) is 7.55. The third-order valence-corrected chi connectivity index (χ3v) is 3.52. The highest BCUT2D eigenvalue weighted by molar-refractivity contribution is 9.10. The lowest BCUT2D eigenvalue weighted by Crippen LogP contribution is -2.35. The van der Waals surface area contributed by atoms with E-state index in [9.17, 15) is 4.79 Å². The van der Waals surface area contributed by atoms with Gasteiger partial charge in [-0.05, 0) is 53.9 Å². The molecule has 1 rings (SSSR count). The van der Waals surface area contributed by atoms with Gasteiger partial charge in [0, 0.05) is 20.1 Å². The Hall–Kier alpha value is -1.27. The van der Waals surface area contributed by atoms with Crippen molar-refractivity contribution in [2.75, 3.05) is 21.2 Å². The molecule has 21 heavy (non-hydrogen) atoms. The Morgan fingerprint density at radius 2 is 2.00 bits per heavy atom. The van der Waals surface area contributed by atoms with Crippen molar-refractivity contribution in [2.45, 2.75) is 32.4 Å². The summed E-state index contributed by atoms with van der Waals surface area (Å²) in [4.78, 5) is 13.4. The molecule has 1 aromatic carbocycles. The van der Waals surface area contributed by atoms with E-state index in [1.165, 1.54) is 4.90 Å². The van der Waals surface area contributed by atoms with Gasteiger partial charge < -0.3 is 20.1 Å². The van der Waals surface area contributed by atoms with Crippen LogP contribution in [0.15, 0.2) is 16.6 Å². The number of amides is 1. The van der Waals surface area contributed by atoms with Crippen LogP contribution in [0.4, 0.5) is 0 Å². The van der Waals surface area contributed by atoms with Crippen LogP contribution < -0.4 is 15.2 Å². The Morgan fingerprint density at radius 1 is 1.38 bits per heavy atom. The summed E-state index contributed by atoms with van der Waals surface area (Å²) >= 11 is 3.47. The van der Waals surface area contributed by atoms with Gasteiger partial charge in [-0.15, -0.1) is 0 Å². The number of hydrogen-bond donors (Lipinski definition) is 1. The van der Waals surface area contributed by atoms with Gasteiger partial charge in [-0.1, -0.05) is 0 Å². The van der Waals surface area contributed by atoms with Gasteiger partial charge in [0.1, 0.15) is 0 Å². The molecule has 6 heteroatoms. The maximum Gasteiger partial charge on any atom is 0.262 e. The number of likely N-dealkylation sites (N-methyl/N-ethyl adjacent to an activating group) is 1. The molecular weight excluding hydrogens is 336 g/mol. The van der Waals surface area contributed by atoms with E-state index in [1.807, 2.05) is 19.1 Å². The van der Waals surface area contributed by atoms with Crippen LogP contribution in [0.1, 0.15) is 19.4 Å². The van der Waals surface area contributed by atoms with Crippen molar-refractivity contribution in [1.29, 1.82) is 0 Å². The van der Waals surface area contributed by atoms with Crippen LogP contribution in [0.2, 0.25) is 0 Å². The minimum atomic E-state index is -0.593. The van der Waals surface area contributed by atoms with E-state index in [0.29, 0.717) is 11.5 Å². The average molecular weight is 359 g/mol. The fourth-order valence-corrected chi connectivity index (χ4v) is 2.55. The van der Waals surface area contributed by atoms with E-state index in [-0.39, 0.29) is 11.9 Å². The largest absolute Gasteiger partial charge is 0.493 e. The third kappa shape index (κ3) is 4.89. The molecule has 1 amide bonds. The highest BCUT2D eigenvalue weighted by Crippen LogP contribution is 2.37. The minimum Gasteiger partial charge on any atom is -0.493 e. The molecule has 0 spiro atoms. The molecule has 5 nitrogen and oxygen atoms in total. The van der Waals surface area contributed by atoms with Gasteiger partial charge in [0.15, 0.2) is 17.6 Å². The van der Waals surface area contributed by atoms with Crippen LogP contribution in [-0.2, 0) is 11.2 Å². The number of halogens is 1. The number of hydrogen-bond acceptors (Lipinski definition) is 4. The van der Waals surface area contributed by atoms with Crippen LogP contribution in [0.3, 0.4) is 0 Å². The van der Waals surface area contributed by atoms with Gasteiger partial charge in [-0.3, -0.25) is 4.79 Å². The maximum absolute atomic E-state index is 11.9. The molecule has 0 heterocycles. The zero-order valence-corrected chi connectivity index (χ0v) is 14.7. The molecule has 118 valence electrons. The molecule has 2 atom stereocenters. The van der Waals surface area contributed by atoms with Crippen LogP contribution in [-0.4, -0.2) is 44.2 Å². The number of rotatable bonds is 6. The first kappa shape index (κ1) is 17.8. The lowest BCUT2D eigenvalue weighted by atomic mass is 10.1. The van der Waals surface area contributed by atoms with Crippen LogP contribution >= 0.6 is 15.9 Å². The maximum atomic E-state index is 11.9. The van der Waals surface area contributed by atoms with Gasteiger partial charge in [0.05, 0.1) is 11.6 Å². The Kier molecular flexibility index (Phi) is 6.48. The zero-order chi connectivity index (χ0) is 16.2. The number of methoxy groups -OCH3 is 1. The number of carbonyl (C=O) groups excluding carboxylic acids is 1. The minimum absolute atomic E-state index is 0.0580. The van der Waals surface area contributed by atoms with E-state index in [0.717, 1.165) is 16.5 Å². The quantitative estimate of drug-likeness (QED) is 0.846. The summed E-state index contributed by atoms with van der Waals surface area (Å²) in [5, 5.41) is 0. The number of nitrogens with two attached hydrogens (primary N) is 1. The first-order chi connectivity index (χ1) is 9.76. The first-order valence-electron chi connectivity index (χ1n) is 6.76. The molecule has 0 saturated heterocycles. The molecule has 2 N–H and O–H groups in total. The molecule has 0 saturated carbocycles. The SMILES string of the molecule is COc1cc(CC(C)N)cc(Br)c1OC(C)C(=O)N(C)C. The van der Waals surface area contributed by atoms with Crippen LogP contribution in [0.25, 0.3) is 0 Å². The Labute approximate surface area is 134 Å². The molecule has 0 aliphatic heterocycles. The second-order valence-corrected chi connectivity index (χ2v) is 6.14. The predicted octanol–water partition coefficient (Wildman–Crippen LogP) is 2.20. The smallest absolute Gasteiger partial charge is 0.262 e. The molecule has 2 unspecified atom stereocenters. The standard InChI is InChI=1S/C15H23BrN2O3/c1-9(17)6-11-7-12(16)14(13(8-11)20-5)21-10(2)15(19)18(3)4/h7-10H,6,17H2,1-5H3. The summed E-state index contributed by atoms with van der Waals surface area (Å²) in [5.41, 5.74) is 6.87.